The van der Waals surface area contributed by atoms with Crippen molar-refractivity contribution in [1.29, 1.82) is 5.26 Å². The maximum absolute atomic E-state index is 13.1. The van der Waals surface area contributed by atoms with Crippen LogP contribution in [0.1, 0.15) is 24.5 Å². The molecule has 1 atom stereocenters. The highest BCUT2D eigenvalue weighted by molar-refractivity contribution is 5.34. The van der Waals surface area contributed by atoms with Gasteiger partial charge < -0.3 is 15.2 Å². The summed E-state index contributed by atoms with van der Waals surface area (Å²) in [7, 11) is 1.59. The number of hydrogen-bond donors (Lipinski definition) is 2. The first-order chi connectivity index (χ1) is 8.98. The van der Waals surface area contributed by atoms with Crippen molar-refractivity contribution in [3.8, 4) is 6.07 Å². The number of methoxy groups -OCH3 is 1. The highest BCUT2D eigenvalue weighted by atomic mass is 19.1. The summed E-state index contributed by atoms with van der Waals surface area (Å²) in [6.07, 6.45) is 0.531. The normalized spacial score (nSPS) is 13.8. The highest BCUT2D eigenvalue weighted by Gasteiger charge is 2.19. The Morgan fingerprint density at radius 3 is 2.89 bits per heavy atom. The molecule has 2 N–H and O–H groups in total. The summed E-state index contributed by atoms with van der Waals surface area (Å²) in [5, 5.41) is 21.8. The molecular formula is C14H19FN2O2. The molecule has 0 saturated heterocycles. The van der Waals surface area contributed by atoms with Gasteiger partial charge in [-0.25, -0.2) is 4.39 Å². The fraction of sp³-hybridized carbons (Fsp3) is 0.500. The van der Waals surface area contributed by atoms with Crippen molar-refractivity contribution >= 4 is 0 Å². The van der Waals surface area contributed by atoms with E-state index in [9.17, 15) is 9.50 Å². The molecule has 0 spiro atoms. The molecule has 0 aliphatic heterocycles. The molecule has 1 unspecified atom stereocenters. The number of nitrogens with one attached hydrogen (secondary N) is 1. The third kappa shape index (κ3) is 5.35. The zero-order valence-corrected chi connectivity index (χ0v) is 11.2. The van der Waals surface area contributed by atoms with Gasteiger partial charge in [0.2, 0.25) is 0 Å². The maximum atomic E-state index is 13.1. The number of aliphatic hydroxyl groups is 1. The van der Waals surface area contributed by atoms with Crippen molar-refractivity contribution in [3.63, 3.8) is 0 Å². The Hall–Kier alpha value is -1.48. The third-order valence-electron chi connectivity index (χ3n) is 2.83. The van der Waals surface area contributed by atoms with E-state index in [1.807, 2.05) is 0 Å². The topological polar surface area (TPSA) is 65.3 Å². The van der Waals surface area contributed by atoms with Crippen molar-refractivity contribution in [1.82, 2.24) is 5.32 Å². The van der Waals surface area contributed by atoms with Gasteiger partial charge in [-0.15, -0.1) is 0 Å². The van der Waals surface area contributed by atoms with Crippen LogP contribution in [0.2, 0.25) is 0 Å². The predicted octanol–water partition coefficient (Wildman–Crippen LogP) is 1.57. The van der Waals surface area contributed by atoms with Gasteiger partial charge in [0.15, 0.2) is 0 Å². The van der Waals surface area contributed by atoms with Crippen LogP contribution in [-0.2, 0) is 11.3 Å². The van der Waals surface area contributed by atoms with Crippen LogP contribution in [0, 0.1) is 17.1 Å². The van der Waals surface area contributed by atoms with E-state index < -0.39 is 11.4 Å². The van der Waals surface area contributed by atoms with Gasteiger partial charge in [0.25, 0.3) is 0 Å². The monoisotopic (exact) mass is 266 g/mol. The Labute approximate surface area is 112 Å². The van der Waals surface area contributed by atoms with Crippen LogP contribution in [0.3, 0.4) is 0 Å². The van der Waals surface area contributed by atoms with E-state index in [1.54, 1.807) is 26.2 Å². The second kappa shape index (κ2) is 7.19. The van der Waals surface area contributed by atoms with E-state index in [0.29, 0.717) is 26.1 Å². The second-order valence-electron chi connectivity index (χ2n) is 4.77. The summed E-state index contributed by atoms with van der Waals surface area (Å²) in [6, 6.07) is 6.20. The van der Waals surface area contributed by atoms with Crippen molar-refractivity contribution in [2.24, 2.45) is 0 Å². The predicted molar refractivity (Wildman–Crippen MR) is 69.9 cm³/mol. The van der Waals surface area contributed by atoms with Gasteiger partial charge in [-0.05, 0) is 24.6 Å². The zero-order valence-electron chi connectivity index (χ0n) is 11.2. The molecule has 1 aromatic rings. The molecule has 0 heterocycles. The SMILES string of the molecule is COCCC(C)(O)CNCc1ccc(F)c(C#N)c1. The maximum Gasteiger partial charge on any atom is 0.140 e. The number of rotatable bonds is 7. The minimum atomic E-state index is -0.853. The molecule has 1 aromatic carbocycles. The van der Waals surface area contributed by atoms with Crippen molar-refractivity contribution in [3.05, 3.63) is 35.1 Å². The van der Waals surface area contributed by atoms with Gasteiger partial charge >= 0.3 is 0 Å². The zero-order chi connectivity index (χ0) is 14.3. The molecule has 104 valence electrons. The number of hydrogen-bond acceptors (Lipinski definition) is 4. The van der Waals surface area contributed by atoms with Crippen LogP contribution < -0.4 is 5.32 Å². The molecule has 1 rings (SSSR count). The molecule has 4 nitrogen and oxygen atoms in total. The lowest BCUT2D eigenvalue weighted by Gasteiger charge is -2.23. The number of nitriles is 1. The average molecular weight is 266 g/mol. The average Bonchev–Trinajstić information content (AvgIpc) is 2.38. The lowest BCUT2D eigenvalue weighted by molar-refractivity contribution is 0.0247. The summed E-state index contributed by atoms with van der Waals surface area (Å²) in [5.74, 6) is -0.515. The third-order valence-corrected chi connectivity index (χ3v) is 2.83. The van der Waals surface area contributed by atoms with Gasteiger partial charge in [-0.2, -0.15) is 5.26 Å². The summed E-state index contributed by atoms with van der Waals surface area (Å²) in [5.41, 5.74) is -0.0142. The summed E-state index contributed by atoms with van der Waals surface area (Å²) in [6.45, 7) is 3.09. The summed E-state index contributed by atoms with van der Waals surface area (Å²) in [4.78, 5) is 0. The molecule has 0 bridgehead atoms. The number of nitrogens with zero attached hydrogens (tertiary/aromatic N) is 1. The number of benzene rings is 1. The quantitative estimate of drug-likeness (QED) is 0.786. The molecular weight excluding hydrogens is 247 g/mol. The van der Waals surface area contributed by atoms with Gasteiger partial charge in [-0.1, -0.05) is 6.07 Å². The second-order valence-corrected chi connectivity index (χ2v) is 4.77. The van der Waals surface area contributed by atoms with Crippen LogP contribution in [0.25, 0.3) is 0 Å². The summed E-state index contributed by atoms with van der Waals surface area (Å²) >= 11 is 0. The summed E-state index contributed by atoms with van der Waals surface area (Å²) < 4.78 is 18.0. The smallest absolute Gasteiger partial charge is 0.140 e. The Balaban J connectivity index is 2.47. The first kappa shape index (κ1) is 15.6. The fourth-order valence-corrected chi connectivity index (χ4v) is 1.65. The molecule has 0 radical (unpaired) electrons. The van der Waals surface area contributed by atoms with E-state index >= 15 is 0 Å². The molecule has 0 amide bonds. The first-order valence-electron chi connectivity index (χ1n) is 6.09. The van der Waals surface area contributed by atoms with Gasteiger partial charge in [0.1, 0.15) is 11.9 Å². The van der Waals surface area contributed by atoms with Gasteiger partial charge in [0, 0.05) is 33.2 Å². The first-order valence-corrected chi connectivity index (χ1v) is 6.09. The van der Waals surface area contributed by atoms with Crippen molar-refractivity contribution in [2.45, 2.75) is 25.5 Å². The van der Waals surface area contributed by atoms with E-state index in [0.717, 1.165) is 5.56 Å². The Kier molecular flexibility index (Phi) is 5.90. The van der Waals surface area contributed by atoms with Crippen LogP contribution in [0.15, 0.2) is 18.2 Å². The van der Waals surface area contributed by atoms with Gasteiger partial charge in [0.05, 0.1) is 11.2 Å². The Morgan fingerprint density at radius 1 is 1.53 bits per heavy atom. The molecule has 0 saturated carbocycles. The fourth-order valence-electron chi connectivity index (χ4n) is 1.65. The largest absolute Gasteiger partial charge is 0.389 e. The molecule has 0 aromatic heterocycles. The van der Waals surface area contributed by atoms with E-state index in [4.69, 9.17) is 10.00 Å². The van der Waals surface area contributed by atoms with Gasteiger partial charge in [-0.3, -0.25) is 0 Å². The van der Waals surface area contributed by atoms with E-state index in [2.05, 4.69) is 5.32 Å². The standard InChI is InChI=1S/C14H19FN2O2/c1-14(18,5-6-19-2)10-17-9-11-3-4-13(15)12(7-11)8-16/h3-4,7,17-18H,5-6,9-10H2,1-2H3. The molecule has 5 heteroatoms. The van der Waals surface area contributed by atoms with Crippen LogP contribution in [-0.4, -0.2) is 31.0 Å². The Bertz CT molecular complexity index is 455. The van der Waals surface area contributed by atoms with Crippen LogP contribution in [0.4, 0.5) is 4.39 Å². The minimum absolute atomic E-state index is 0.0328. The Morgan fingerprint density at radius 2 is 2.26 bits per heavy atom. The molecule has 0 aliphatic carbocycles. The highest BCUT2D eigenvalue weighted by Crippen LogP contribution is 2.11. The number of ether oxygens (including phenoxy) is 1. The molecule has 0 fully saturated rings. The number of halogens is 1. The lowest BCUT2D eigenvalue weighted by atomic mass is 10.0. The van der Waals surface area contributed by atoms with Crippen LogP contribution >= 0.6 is 0 Å². The van der Waals surface area contributed by atoms with Crippen molar-refractivity contribution < 1.29 is 14.2 Å². The van der Waals surface area contributed by atoms with Crippen molar-refractivity contribution in [2.75, 3.05) is 20.3 Å². The van der Waals surface area contributed by atoms with Crippen LogP contribution in [0.5, 0.6) is 0 Å². The van der Waals surface area contributed by atoms with E-state index in [-0.39, 0.29) is 5.56 Å². The minimum Gasteiger partial charge on any atom is -0.389 e. The molecule has 19 heavy (non-hydrogen) atoms. The molecule has 0 aliphatic rings. The lowest BCUT2D eigenvalue weighted by Crippen LogP contribution is -2.38. The van der Waals surface area contributed by atoms with E-state index in [1.165, 1.54) is 12.1 Å².